The van der Waals surface area contributed by atoms with Crippen LogP contribution in [0, 0.1) is 0 Å². The summed E-state index contributed by atoms with van der Waals surface area (Å²) in [5.41, 5.74) is 12.2. The van der Waals surface area contributed by atoms with Crippen LogP contribution < -0.4 is 5.73 Å². The Morgan fingerprint density at radius 1 is 1.41 bits per heavy atom. The van der Waals surface area contributed by atoms with Gasteiger partial charge in [0.15, 0.2) is 0 Å². The van der Waals surface area contributed by atoms with Crippen molar-refractivity contribution in [3.63, 3.8) is 0 Å². The first-order valence-electron chi connectivity index (χ1n) is 5.95. The van der Waals surface area contributed by atoms with Crippen molar-refractivity contribution in [3.8, 4) is 0 Å². The Morgan fingerprint density at radius 3 is 3.00 bits per heavy atom. The summed E-state index contributed by atoms with van der Waals surface area (Å²) in [6.45, 7) is 5.60. The van der Waals surface area contributed by atoms with Gasteiger partial charge in [-0.05, 0) is 49.0 Å². The van der Waals surface area contributed by atoms with Gasteiger partial charge in [-0.15, -0.1) is 0 Å². The summed E-state index contributed by atoms with van der Waals surface area (Å²) >= 11 is 0. The molecule has 2 N–H and O–H groups in total. The molecule has 0 heterocycles. The second-order valence-electron chi connectivity index (χ2n) is 4.35. The van der Waals surface area contributed by atoms with E-state index in [9.17, 15) is 0 Å². The van der Waals surface area contributed by atoms with Crippen molar-refractivity contribution >= 4 is 17.5 Å². The third kappa shape index (κ3) is 2.31. The van der Waals surface area contributed by atoms with Crippen LogP contribution in [0.25, 0.3) is 5.57 Å². The third-order valence-electron chi connectivity index (χ3n) is 3.27. The van der Waals surface area contributed by atoms with E-state index in [-0.39, 0.29) is 0 Å². The molecule has 2 rings (SSSR count). The lowest BCUT2D eigenvalue weighted by atomic mass is 9.98. The Balaban J connectivity index is 2.37. The predicted octanol–water partition coefficient (Wildman–Crippen LogP) is 3.38. The highest BCUT2D eigenvalue weighted by Gasteiger charge is 2.16. The van der Waals surface area contributed by atoms with Crippen molar-refractivity contribution in [1.29, 1.82) is 0 Å². The first kappa shape index (κ1) is 11.6. The van der Waals surface area contributed by atoms with Crippen LogP contribution >= 0.6 is 0 Å². The lowest BCUT2D eigenvalue weighted by Crippen LogP contribution is -1.98. The average molecular weight is 226 g/mol. The number of allylic oxidation sites excluding steroid dienone is 2. The summed E-state index contributed by atoms with van der Waals surface area (Å²) in [4.78, 5) is 3.96. The average Bonchev–Trinajstić information content (AvgIpc) is 2.78. The molecule has 0 unspecified atom stereocenters. The number of nitrogens with two attached hydrogens (primary N) is 1. The zero-order valence-corrected chi connectivity index (χ0v) is 10.2. The second-order valence-corrected chi connectivity index (χ2v) is 4.35. The summed E-state index contributed by atoms with van der Waals surface area (Å²) in [5.74, 6) is 0. The van der Waals surface area contributed by atoms with Crippen LogP contribution in [0.2, 0.25) is 0 Å². The number of fused-ring (bicyclic) bond motifs is 1. The van der Waals surface area contributed by atoms with Gasteiger partial charge < -0.3 is 5.73 Å². The van der Waals surface area contributed by atoms with E-state index < -0.39 is 0 Å². The molecule has 1 aliphatic rings. The molecule has 88 valence electrons. The molecule has 0 radical (unpaired) electrons. The molecule has 2 heteroatoms. The number of benzene rings is 1. The number of rotatable bonds is 3. The van der Waals surface area contributed by atoms with E-state index in [0.717, 1.165) is 23.2 Å². The topological polar surface area (TPSA) is 38.4 Å². The van der Waals surface area contributed by atoms with Crippen LogP contribution in [0.5, 0.6) is 0 Å². The normalized spacial score (nSPS) is 15.2. The minimum absolute atomic E-state index is 0.945. The van der Waals surface area contributed by atoms with Crippen LogP contribution in [0.4, 0.5) is 5.69 Å². The maximum Gasteiger partial charge on any atom is 0.0425 e. The van der Waals surface area contributed by atoms with Gasteiger partial charge in [-0.1, -0.05) is 18.7 Å². The Morgan fingerprint density at radius 2 is 2.24 bits per heavy atom. The molecule has 2 nitrogen and oxygen atoms in total. The Kier molecular flexibility index (Phi) is 3.43. The van der Waals surface area contributed by atoms with Gasteiger partial charge in [0.1, 0.15) is 0 Å². The Hall–Kier alpha value is -1.83. The van der Waals surface area contributed by atoms with Crippen molar-refractivity contribution in [2.75, 3.05) is 5.73 Å². The van der Waals surface area contributed by atoms with E-state index in [1.54, 1.807) is 6.21 Å². The van der Waals surface area contributed by atoms with Gasteiger partial charge in [0.2, 0.25) is 0 Å². The van der Waals surface area contributed by atoms with Crippen LogP contribution in [0.3, 0.4) is 0 Å². The molecule has 0 saturated heterocycles. The molecule has 0 amide bonds. The van der Waals surface area contributed by atoms with E-state index in [0.29, 0.717) is 0 Å². The number of hydrogen-bond donors (Lipinski definition) is 1. The smallest absolute Gasteiger partial charge is 0.0425 e. The van der Waals surface area contributed by atoms with E-state index in [1.807, 2.05) is 6.08 Å². The van der Waals surface area contributed by atoms with Crippen molar-refractivity contribution in [1.82, 2.24) is 0 Å². The third-order valence-corrected chi connectivity index (χ3v) is 3.27. The van der Waals surface area contributed by atoms with Crippen molar-refractivity contribution < 1.29 is 0 Å². The summed E-state index contributed by atoms with van der Waals surface area (Å²) in [7, 11) is 0. The van der Waals surface area contributed by atoms with Gasteiger partial charge in [-0.2, -0.15) is 0 Å². The maximum atomic E-state index is 6.23. The van der Waals surface area contributed by atoms with Gasteiger partial charge in [0.25, 0.3) is 0 Å². The number of anilines is 1. The lowest BCUT2D eigenvalue weighted by molar-refractivity contribution is 0.912. The molecule has 0 bridgehead atoms. The van der Waals surface area contributed by atoms with Gasteiger partial charge >= 0.3 is 0 Å². The summed E-state index contributed by atoms with van der Waals surface area (Å²) in [6, 6.07) is 4.32. The molecule has 0 aromatic heterocycles. The van der Waals surface area contributed by atoms with Gasteiger partial charge in [0.05, 0.1) is 0 Å². The molecule has 0 fully saturated rings. The minimum Gasteiger partial charge on any atom is -0.398 e. The molecular weight excluding hydrogens is 208 g/mol. The summed E-state index contributed by atoms with van der Waals surface area (Å²) in [6.07, 6.45) is 8.74. The number of aliphatic imine (C=N–C) groups is 1. The summed E-state index contributed by atoms with van der Waals surface area (Å²) < 4.78 is 0. The molecular formula is C15H18N2. The Bertz CT molecular complexity index is 496. The van der Waals surface area contributed by atoms with Crippen LogP contribution in [0.1, 0.15) is 30.0 Å². The van der Waals surface area contributed by atoms with Crippen LogP contribution in [0.15, 0.2) is 36.0 Å². The van der Waals surface area contributed by atoms with E-state index in [2.05, 4.69) is 30.6 Å². The fourth-order valence-corrected chi connectivity index (χ4v) is 2.34. The van der Waals surface area contributed by atoms with Crippen molar-refractivity contribution in [2.45, 2.75) is 26.2 Å². The number of nitrogens with zero attached hydrogens (tertiary/aromatic N) is 1. The molecule has 0 saturated carbocycles. The minimum atomic E-state index is 0.945. The fraction of sp³-hybridized carbons (Fsp3) is 0.267. The number of hydrogen-bond acceptors (Lipinski definition) is 2. The van der Waals surface area contributed by atoms with Crippen LogP contribution in [-0.4, -0.2) is 6.21 Å². The monoisotopic (exact) mass is 226 g/mol. The quantitative estimate of drug-likeness (QED) is 0.622. The maximum absolute atomic E-state index is 6.23. The first-order valence-corrected chi connectivity index (χ1v) is 5.95. The van der Waals surface area contributed by atoms with Crippen molar-refractivity contribution in [3.05, 3.63) is 47.7 Å². The molecule has 1 aliphatic carbocycles. The van der Waals surface area contributed by atoms with Gasteiger partial charge in [-0.25, -0.2) is 0 Å². The lowest BCUT2D eigenvalue weighted by Gasteiger charge is -2.10. The highest BCUT2D eigenvalue weighted by atomic mass is 14.6. The zero-order valence-electron chi connectivity index (χ0n) is 10.2. The molecule has 1 aromatic carbocycles. The highest BCUT2D eigenvalue weighted by molar-refractivity contribution is 5.87. The fourth-order valence-electron chi connectivity index (χ4n) is 2.34. The predicted molar refractivity (Wildman–Crippen MR) is 75.2 cm³/mol. The number of nitrogen functional groups attached to an aromatic ring is 1. The van der Waals surface area contributed by atoms with E-state index in [1.165, 1.54) is 30.2 Å². The standard InChI is InChI=1S/C15H18N2/c1-3-17-10-9-11(2)13-8-7-12-5-4-6-14(12)15(13)16/h3,7-10H,1,4-6,16H2,2H3/b11-9+,17-10?. The largest absolute Gasteiger partial charge is 0.398 e. The van der Waals surface area contributed by atoms with Crippen molar-refractivity contribution in [2.24, 2.45) is 4.99 Å². The molecule has 0 spiro atoms. The highest BCUT2D eigenvalue weighted by Crippen LogP contribution is 2.32. The van der Waals surface area contributed by atoms with E-state index >= 15 is 0 Å². The van der Waals surface area contributed by atoms with Gasteiger partial charge in [-0.3, -0.25) is 4.99 Å². The number of aryl methyl sites for hydroxylation is 1. The summed E-state index contributed by atoms with van der Waals surface area (Å²) in [5, 5.41) is 0. The molecule has 17 heavy (non-hydrogen) atoms. The Labute approximate surface area is 103 Å². The van der Waals surface area contributed by atoms with Gasteiger partial charge in [0, 0.05) is 23.7 Å². The zero-order chi connectivity index (χ0) is 12.3. The molecule has 1 aromatic rings. The first-order chi connectivity index (χ1) is 8.24. The van der Waals surface area contributed by atoms with Crippen LogP contribution in [-0.2, 0) is 12.8 Å². The molecule has 0 aliphatic heterocycles. The van der Waals surface area contributed by atoms with E-state index in [4.69, 9.17) is 5.73 Å². The second kappa shape index (κ2) is 5.00. The molecule has 0 atom stereocenters. The SMILES string of the molecule is C=CN=C/C=C(\C)c1ccc2c(c1N)CCC2.